The minimum atomic E-state index is 0.553. The highest BCUT2D eigenvalue weighted by atomic mass is 15.4. The molecule has 0 saturated carbocycles. The monoisotopic (exact) mass is 367 g/mol. The second-order valence-corrected chi connectivity index (χ2v) is 6.77. The molecule has 0 aliphatic rings. The molecule has 7 nitrogen and oxygen atoms in total. The average Bonchev–Trinajstić information content (AvgIpc) is 3.10. The van der Waals surface area contributed by atoms with Gasteiger partial charge in [0, 0.05) is 29.9 Å². The molecule has 0 spiro atoms. The van der Waals surface area contributed by atoms with E-state index in [-0.39, 0.29) is 0 Å². The van der Waals surface area contributed by atoms with Crippen molar-refractivity contribution in [3.8, 4) is 0 Å². The first-order valence-electron chi connectivity index (χ1n) is 9.05. The first-order chi connectivity index (χ1) is 13.7. The molecule has 0 fully saturated rings. The molecule has 4 heterocycles. The van der Waals surface area contributed by atoms with Gasteiger partial charge >= 0.3 is 0 Å². The van der Waals surface area contributed by atoms with Crippen LogP contribution in [-0.2, 0) is 13.0 Å². The van der Waals surface area contributed by atoms with E-state index in [2.05, 4.69) is 49.5 Å². The molecular formula is C21H17N7. The third-order valence-electron chi connectivity index (χ3n) is 4.62. The second-order valence-electron chi connectivity index (χ2n) is 6.77. The van der Waals surface area contributed by atoms with E-state index in [0.717, 1.165) is 33.4 Å². The lowest BCUT2D eigenvalue weighted by Crippen LogP contribution is -2.04. The molecule has 0 aliphatic carbocycles. The van der Waals surface area contributed by atoms with Crippen LogP contribution in [0.15, 0.2) is 61.1 Å². The van der Waals surface area contributed by atoms with Gasteiger partial charge in [0.15, 0.2) is 5.65 Å². The Labute approximate surface area is 161 Å². The van der Waals surface area contributed by atoms with Gasteiger partial charge in [0.25, 0.3) is 0 Å². The Hall–Kier alpha value is -3.74. The summed E-state index contributed by atoms with van der Waals surface area (Å²) in [5.74, 6) is 0. The van der Waals surface area contributed by atoms with Crippen LogP contribution in [-0.4, -0.2) is 34.9 Å². The Morgan fingerprint density at radius 1 is 0.929 bits per heavy atom. The largest absolute Gasteiger partial charge is 0.262 e. The first kappa shape index (κ1) is 16.4. The summed E-state index contributed by atoms with van der Waals surface area (Å²) >= 11 is 0. The topological polar surface area (TPSA) is 82.3 Å². The minimum Gasteiger partial charge on any atom is -0.262 e. The van der Waals surface area contributed by atoms with E-state index in [1.165, 1.54) is 0 Å². The molecule has 0 N–H and O–H groups in total. The van der Waals surface area contributed by atoms with Crippen LogP contribution >= 0.6 is 0 Å². The van der Waals surface area contributed by atoms with Crippen LogP contribution in [0.5, 0.6) is 0 Å². The maximum Gasteiger partial charge on any atom is 0.221 e. The van der Waals surface area contributed by atoms with Crippen LogP contribution in [0.25, 0.3) is 22.2 Å². The molecule has 28 heavy (non-hydrogen) atoms. The number of hydrogen-bond donors (Lipinski definition) is 0. The molecular weight excluding hydrogens is 350 g/mol. The Bertz CT molecular complexity index is 1290. The smallest absolute Gasteiger partial charge is 0.221 e. The van der Waals surface area contributed by atoms with Gasteiger partial charge in [-0.05, 0) is 48.4 Å². The molecule has 1 aromatic carbocycles. The molecule has 0 radical (unpaired) electrons. The van der Waals surface area contributed by atoms with Crippen LogP contribution in [0.2, 0.25) is 0 Å². The van der Waals surface area contributed by atoms with E-state index in [1.54, 1.807) is 17.1 Å². The summed E-state index contributed by atoms with van der Waals surface area (Å²) in [6.07, 6.45) is 6.07. The van der Waals surface area contributed by atoms with E-state index in [9.17, 15) is 0 Å². The first-order valence-corrected chi connectivity index (χ1v) is 9.05. The van der Waals surface area contributed by atoms with Crippen molar-refractivity contribution >= 4 is 22.2 Å². The highest BCUT2D eigenvalue weighted by Gasteiger charge is 2.10. The van der Waals surface area contributed by atoms with E-state index < -0.39 is 0 Å². The van der Waals surface area contributed by atoms with Crippen LogP contribution in [0.3, 0.4) is 0 Å². The molecule has 5 rings (SSSR count). The van der Waals surface area contributed by atoms with Crippen molar-refractivity contribution in [2.45, 2.75) is 19.9 Å². The van der Waals surface area contributed by atoms with Crippen molar-refractivity contribution in [2.24, 2.45) is 0 Å². The summed E-state index contributed by atoms with van der Waals surface area (Å²) in [5.41, 5.74) is 6.36. The van der Waals surface area contributed by atoms with Crippen molar-refractivity contribution in [3.05, 3.63) is 83.6 Å². The lowest BCUT2D eigenvalue weighted by Gasteiger charge is -2.05. The van der Waals surface area contributed by atoms with E-state index in [4.69, 9.17) is 4.98 Å². The van der Waals surface area contributed by atoms with E-state index >= 15 is 0 Å². The second kappa shape index (κ2) is 6.77. The van der Waals surface area contributed by atoms with Gasteiger partial charge in [-0.2, -0.15) is 0 Å². The quantitative estimate of drug-likeness (QED) is 0.485. The Balaban J connectivity index is 1.47. The molecule has 136 valence electrons. The third-order valence-corrected chi connectivity index (χ3v) is 4.62. The lowest BCUT2D eigenvalue weighted by molar-refractivity contribution is 0.663. The lowest BCUT2D eigenvalue weighted by atomic mass is 10.1. The molecule has 0 aliphatic heterocycles. The zero-order valence-corrected chi connectivity index (χ0v) is 15.3. The molecule has 0 atom stereocenters. The number of rotatable bonds is 4. The molecule has 7 heteroatoms. The summed E-state index contributed by atoms with van der Waals surface area (Å²) in [5, 5.41) is 9.51. The number of nitrogens with zero attached hydrogens (tertiary/aromatic N) is 7. The van der Waals surface area contributed by atoms with Crippen LogP contribution in [0, 0.1) is 6.92 Å². The van der Waals surface area contributed by atoms with Crippen LogP contribution in [0.1, 0.15) is 22.5 Å². The fourth-order valence-electron chi connectivity index (χ4n) is 3.30. The number of aromatic nitrogens is 7. The highest BCUT2D eigenvalue weighted by molar-refractivity contribution is 5.79. The van der Waals surface area contributed by atoms with Gasteiger partial charge in [-0.25, -0.2) is 14.6 Å². The Kier molecular flexibility index (Phi) is 3.97. The van der Waals surface area contributed by atoms with Gasteiger partial charge in [-0.15, -0.1) is 5.10 Å². The molecule has 5 aromatic rings. The van der Waals surface area contributed by atoms with Gasteiger partial charge in [0.1, 0.15) is 0 Å². The van der Waals surface area contributed by atoms with Gasteiger partial charge in [-0.1, -0.05) is 17.3 Å². The Morgan fingerprint density at radius 3 is 2.82 bits per heavy atom. The van der Waals surface area contributed by atoms with Crippen molar-refractivity contribution < 1.29 is 0 Å². The summed E-state index contributed by atoms with van der Waals surface area (Å²) in [6.45, 7) is 2.56. The van der Waals surface area contributed by atoms with Gasteiger partial charge in [0.2, 0.25) is 5.65 Å². The predicted molar refractivity (Wildman–Crippen MR) is 106 cm³/mol. The van der Waals surface area contributed by atoms with Crippen LogP contribution < -0.4 is 0 Å². The number of aryl methyl sites for hydroxylation is 1. The van der Waals surface area contributed by atoms with Crippen molar-refractivity contribution in [3.63, 3.8) is 0 Å². The molecule has 4 aromatic heterocycles. The minimum absolute atomic E-state index is 0.553. The zero-order chi connectivity index (χ0) is 18.9. The summed E-state index contributed by atoms with van der Waals surface area (Å²) < 4.78 is 1.79. The fraction of sp³-hybridized carbons (Fsp3) is 0.143. The number of benzene rings is 1. The maximum absolute atomic E-state index is 4.76. The molecule has 0 bridgehead atoms. The van der Waals surface area contributed by atoms with E-state index in [0.29, 0.717) is 24.3 Å². The fourth-order valence-corrected chi connectivity index (χ4v) is 3.30. The van der Waals surface area contributed by atoms with Crippen molar-refractivity contribution in [2.75, 3.05) is 0 Å². The summed E-state index contributed by atoms with van der Waals surface area (Å²) in [6, 6.07) is 14.2. The number of pyridine rings is 2. The van der Waals surface area contributed by atoms with Gasteiger partial charge in [0.05, 0.1) is 24.0 Å². The van der Waals surface area contributed by atoms with E-state index in [1.807, 2.05) is 31.3 Å². The zero-order valence-electron chi connectivity index (χ0n) is 15.3. The standard InChI is InChI=1S/C21H17N7/c1-14-9-15(6-8-22-14)11-18-12-24-20-21(25-18)28(27-26-20)13-16-4-5-19-17(10-16)3-2-7-23-19/h2-10,12H,11,13H2,1H3. The van der Waals surface area contributed by atoms with Crippen molar-refractivity contribution in [1.29, 1.82) is 0 Å². The number of fused-ring (bicyclic) bond motifs is 2. The Morgan fingerprint density at radius 2 is 1.89 bits per heavy atom. The third kappa shape index (κ3) is 3.18. The summed E-state index contributed by atoms with van der Waals surface area (Å²) in [7, 11) is 0. The highest BCUT2D eigenvalue weighted by Crippen LogP contribution is 2.16. The predicted octanol–water partition coefficient (Wildman–Crippen LogP) is 3.11. The van der Waals surface area contributed by atoms with Crippen molar-refractivity contribution in [1.82, 2.24) is 34.9 Å². The molecule has 0 unspecified atom stereocenters. The summed E-state index contributed by atoms with van der Waals surface area (Å²) in [4.78, 5) is 17.8. The average molecular weight is 367 g/mol. The number of hydrogen-bond acceptors (Lipinski definition) is 6. The van der Waals surface area contributed by atoms with Gasteiger partial charge in [-0.3, -0.25) is 9.97 Å². The normalized spacial score (nSPS) is 11.3. The van der Waals surface area contributed by atoms with Gasteiger partial charge < -0.3 is 0 Å². The molecule has 0 saturated heterocycles. The van der Waals surface area contributed by atoms with Crippen LogP contribution in [0.4, 0.5) is 0 Å². The SMILES string of the molecule is Cc1cc(Cc2cnc3nnn(Cc4ccc5ncccc5c4)c3n2)ccn1. The maximum atomic E-state index is 4.76. The molecule has 0 amide bonds.